The predicted molar refractivity (Wildman–Crippen MR) is 55.8 cm³/mol. The maximum absolute atomic E-state index is 10.8. The molecule has 0 atom stereocenters. The lowest BCUT2D eigenvalue weighted by molar-refractivity contribution is -0.147. The summed E-state index contributed by atoms with van der Waals surface area (Å²) in [5.41, 5.74) is -0.612. The number of rotatable bonds is 7. The first-order valence-corrected chi connectivity index (χ1v) is 5.45. The molecule has 0 unspecified atom stereocenters. The number of hydrogen-bond donors (Lipinski definition) is 1. The molecule has 0 aromatic heterocycles. The highest BCUT2D eigenvalue weighted by Crippen LogP contribution is 2.23. The number of hydrogen-bond acceptors (Lipinski definition) is 3. The van der Waals surface area contributed by atoms with Crippen LogP contribution in [-0.4, -0.2) is 37.0 Å². The molecule has 0 radical (unpaired) electrons. The molecule has 15 heavy (non-hydrogen) atoms. The average Bonchev–Trinajstić information content (AvgIpc) is 2.07. The lowest BCUT2D eigenvalue weighted by atomic mass is 9.87. The number of ether oxygens (including phenoxy) is 2. The van der Waals surface area contributed by atoms with Gasteiger partial charge < -0.3 is 14.6 Å². The van der Waals surface area contributed by atoms with Gasteiger partial charge in [0.2, 0.25) is 0 Å². The zero-order chi connectivity index (χ0) is 11.3. The molecule has 1 fully saturated rings. The lowest BCUT2D eigenvalue weighted by Crippen LogP contribution is -2.36. The Balaban J connectivity index is 1.98. The van der Waals surface area contributed by atoms with E-state index in [0.29, 0.717) is 26.2 Å². The van der Waals surface area contributed by atoms with Crippen molar-refractivity contribution in [2.24, 2.45) is 5.41 Å². The summed E-state index contributed by atoms with van der Waals surface area (Å²) in [4.78, 5) is 10.8. The molecule has 0 bridgehead atoms. The summed E-state index contributed by atoms with van der Waals surface area (Å²) < 4.78 is 10.5. The normalized spacial score (nSPS) is 17.5. The second-order valence-electron chi connectivity index (χ2n) is 4.68. The Hall–Kier alpha value is -0.610. The van der Waals surface area contributed by atoms with Gasteiger partial charge in [0.05, 0.1) is 18.6 Å². The molecule has 0 aliphatic carbocycles. The van der Waals surface area contributed by atoms with Crippen molar-refractivity contribution in [1.82, 2.24) is 0 Å². The van der Waals surface area contributed by atoms with Gasteiger partial charge in [0.15, 0.2) is 0 Å². The number of aliphatic carboxylic acids is 1. The zero-order valence-corrected chi connectivity index (χ0v) is 9.49. The molecule has 1 N–H and O–H groups in total. The minimum absolute atomic E-state index is 0.275. The molecule has 88 valence electrons. The van der Waals surface area contributed by atoms with Crippen LogP contribution in [0.1, 0.15) is 33.1 Å². The van der Waals surface area contributed by atoms with Crippen molar-refractivity contribution < 1.29 is 19.4 Å². The molecule has 1 heterocycles. The molecule has 1 saturated heterocycles. The molecule has 0 aromatic rings. The third-order valence-electron chi connectivity index (χ3n) is 2.74. The summed E-state index contributed by atoms with van der Waals surface area (Å²) in [6.45, 7) is 5.65. The minimum atomic E-state index is -0.726. The quantitative estimate of drug-likeness (QED) is 0.658. The van der Waals surface area contributed by atoms with Gasteiger partial charge >= 0.3 is 5.97 Å². The third-order valence-corrected chi connectivity index (χ3v) is 2.74. The molecule has 4 heteroatoms. The Morgan fingerprint density at radius 2 is 2.13 bits per heavy atom. The van der Waals surface area contributed by atoms with Gasteiger partial charge in [0.25, 0.3) is 0 Å². The predicted octanol–water partition coefficient (Wildman–Crippen LogP) is 1.68. The van der Waals surface area contributed by atoms with Crippen LogP contribution in [0, 0.1) is 5.41 Å². The molecule has 0 aromatic carbocycles. The van der Waals surface area contributed by atoms with Crippen molar-refractivity contribution >= 4 is 5.97 Å². The van der Waals surface area contributed by atoms with Crippen LogP contribution in [0.2, 0.25) is 0 Å². The minimum Gasteiger partial charge on any atom is -0.481 e. The molecule has 0 spiro atoms. The fourth-order valence-corrected chi connectivity index (χ4v) is 1.34. The van der Waals surface area contributed by atoms with E-state index in [0.717, 1.165) is 12.8 Å². The summed E-state index contributed by atoms with van der Waals surface area (Å²) in [6, 6.07) is 0. The topological polar surface area (TPSA) is 55.8 Å². The first-order chi connectivity index (χ1) is 7.02. The molecular weight excluding hydrogens is 196 g/mol. The maximum atomic E-state index is 10.8. The van der Waals surface area contributed by atoms with Crippen molar-refractivity contribution in [2.75, 3.05) is 19.8 Å². The standard InChI is InChI=1S/C11H20O4/c1-11(2,10(12)13)5-3-4-6-15-9-7-14-8-9/h9H,3-8H2,1-2H3,(H,12,13). The summed E-state index contributed by atoms with van der Waals surface area (Å²) >= 11 is 0. The summed E-state index contributed by atoms with van der Waals surface area (Å²) in [5, 5.41) is 8.89. The van der Waals surface area contributed by atoms with E-state index in [9.17, 15) is 4.79 Å². The monoisotopic (exact) mass is 216 g/mol. The fraction of sp³-hybridized carbons (Fsp3) is 0.909. The molecule has 1 aliphatic rings. The summed E-state index contributed by atoms with van der Waals surface area (Å²) in [5.74, 6) is -0.726. The van der Waals surface area contributed by atoms with Crippen LogP contribution in [0.5, 0.6) is 0 Å². The van der Waals surface area contributed by atoms with Crippen LogP contribution < -0.4 is 0 Å². The Kier molecular flexibility index (Phi) is 4.54. The Morgan fingerprint density at radius 1 is 1.47 bits per heavy atom. The van der Waals surface area contributed by atoms with Crippen molar-refractivity contribution in [3.63, 3.8) is 0 Å². The highest BCUT2D eigenvalue weighted by Gasteiger charge is 2.26. The maximum Gasteiger partial charge on any atom is 0.309 e. The molecular formula is C11H20O4. The third kappa shape index (κ3) is 4.18. The largest absolute Gasteiger partial charge is 0.481 e. The van der Waals surface area contributed by atoms with Gasteiger partial charge in [0.1, 0.15) is 6.10 Å². The molecule has 1 aliphatic heterocycles. The smallest absolute Gasteiger partial charge is 0.309 e. The van der Waals surface area contributed by atoms with E-state index in [1.807, 2.05) is 0 Å². The van der Waals surface area contributed by atoms with Crippen molar-refractivity contribution in [3.8, 4) is 0 Å². The van der Waals surface area contributed by atoms with Gasteiger partial charge in [-0.15, -0.1) is 0 Å². The van der Waals surface area contributed by atoms with Crippen LogP contribution in [0.4, 0.5) is 0 Å². The van der Waals surface area contributed by atoms with Gasteiger partial charge in [-0.05, 0) is 26.7 Å². The SMILES string of the molecule is CC(C)(CCCCOC1COC1)C(=O)O. The van der Waals surface area contributed by atoms with E-state index in [-0.39, 0.29) is 6.10 Å². The molecule has 1 rings (SSSR count). The molecule has 0 saturated carbocycles. The van der Waals surface area contributed by atoms with E-state index in [1.165, 1.54) is 0 Å². The lowest BCUT2D eigenvalue weighted by Gasteiger charge is -2.26. The van der Waals surface area contributed by atoms with Crippen molar-refractivity contribution in [2.45, 2.75) is 39.2 Å². The second-order valence-corrected chi connectivity index (χ2v) is 4.68. The van der Waals surface area contributed by atoms with Crippen LogP contribution in [0.15, 0.2) is 0 Å². The van der Waals surface area contributed by atoms with Crippen molar-refractivity contribution in [1.29, 1.82) is 0 Å². The van der Waals surface area contributed by atoms with Gasteiger partial charge in [-0.2, -0.15) is 0 Å². The van der Waals surface area contributed by atoms with E-state index in [1.54, 1.807) is 13.8 Å². The van der Waals surface area contributed by atoms with Crippen LogP contribution >= 0.6 is 0 Å². The van der Waals surface area contributed by atoms with E-state index >= 15 is 0 Å². The van der Waals surface area contributed by atoms with Gasteiger partial charge in [0, 0.05) is 6.61 Å². The molecule has 0 amide bonds. The zero-order valence-electron chi connectivity index (χ0n) is 9.49. The number of carboxylic acid groups (broad SMARTS) is 1. The van der Waals surface area contributed by atoms with Crippen LogP contribution in [0.25, 0.3) is 0 Å². The van der Waals surface area contributed by atoms with Gasteiger partial charge in [-0.25, -0.2) is 0 Å². The highest BCUT2D eigenvalue weighted by atomic mass is 16.6. The highest BCUT2D eigenvalue weighted by molar-refractivity contribution is 5.73. The van der Waals surface area contributed by atoms with E-state index < -0.39 is 11.4 Å². The summed E-state index contributed by atoms with van der Waals surface area (Å²) in [7, 11) is 0. The number of carboxylic acids is 1. The van der Waals surface area contributed by atoms with Crippen LogP contribution in [-0.2, 0) is 14.3 Å². The van der Waals surface area contributed by atoms with E-state index in [2.05, 4.69) is 0 Å². The average molecular weight is 216 g/mol. The fourth-order valence-electron chi connectivity index (χ4n) is 1.34. The first kappa shape index (κ1) is 12.5. The second kappa shape index (κ2) is 5.47. The van der Waals surface area contributed by atoms with E-state index in [4.69, 9.17) is 14.6 Å². The Labute approximate surface area is 90.6 Å². The first-order valence-electron chi connectivity index (χ1n) is 5.45. The Morgan fingerprint density at radius 3 is 2.60 bits per heavy atom. The summed E-state index contributed by atoms with van der Waals surface area (Å²) in [6.07, 6.45) is 2.80. The van der Waals surface area contributed by atoms with Gasteiger partial charge in [-0.3, -0.25) is 4.79 Å². The number of carbonyl (C=O) groups is 1. The van der Waals surface area contributed by atoms with Gasteiger partial charge in [-0.1, -0.05) is 6.42 Å². The number of unbranched alkanes of at least 4 members (excludes halogenated alkanes) is 1. The van der Waals surface area contributed by atoms with Crippen molar-refractivity contribution in [3.05, 3.63) is 0 Å². The Bertz CT molecular complexity index is 209. The molecule has 4 nitrogen and oxygen atoms in total. The van der Waals surface area contributed by atoms with Crippen LogP contribution in [0.3, 0.4) is 0 Å².